The monoisotopic (exact) mass is 453 g/mol. The molecule has 0 N–H and O–H groups in total. The fourth-order valence-electron chi connectivity index (χ4n) is 4.63. The largest absolute Gasteiger partial charge is 0.494 e. The highest BCUT2D eigenvalue weighted by molar-refractivity contribution is 7.91. The van der Waals surface area contributed by atoms with Gasteiger partial charge in [0.25, 0.3) is 5.91 Å². The van der Waals surface area contributed by atoms with Crippen molar-refractivity contribution in [2.75, 3.05) is 18.1 Å². The number of fused-ring (bicyclic) bond motifs is 2. The number of carbonyl (C=O) groups excluding carboxylic acids is 1. The quantitative estimate of drug-likeness (QED) is 0.588. The highest BCUT2D eigenvalue weighted by Gasteiger charge is 2.48. The lowest BCUT2D eigenvalue weighted by molar-refractivity contribution is 0.0662. The second kappa shape index (κ2) is 7.78. The predicted molar refractivity (Wildman–Crippen MR) is 120 cm³/mol. The lowest BCUT2D eigenvalue weighted by Crippen LogP contribution is -2.40. The normalized spacial score (nSPS) is 21.8. The summed E-state index contributed by atoms with van der Waals surface area (Å²) in [7, 11) is -3.24. The van der Waals surface area contributed by atoms with Crippen molar-refractivity contribution in [3.8, 4) is 5.75 Å². The number of para-hydroxylation sites is 1. The molecule has 3 aromatic rings. The Balaban J connectivity index is 1.70. The Kier molecular flexibility index (Phi) is 5.04. The average Bonchev–Trinajstić information content (AvgIpc) is 3.29. The lowest BCUT2D eigenvalue weighted by Gasteiger charge is -2.30. The standard InChI is InChI=1S/C24H23NO6S/c1-2-11-30-17-7-5-6-15(13-17)21-20-22(26)18-8-3-4-9-19(18)31-23(20)24(27)25(21)16-10-12-32(28,29)14-16/h3-9,13,16,21H,2,10-12,14H2,1H3/t16-,21-/m0/s1. The summed E-state index contributed by atoms with van der Waals surface area (Å²) in [5, 5.41) is 0.392. The van der Waals surface area contributed by atoms with Crippen LogP contribution < -0.4 is 10.2 Å². The molecule has 1 amide bonds. The summed E-state index contributed by atoms with van der Waals surface area (Å²) in [5.41, 5.74) is 1.01. The summed E-state index contributed by atoms with van der Waals surface area (Å²) < 4.78 is 36.1. The third-order valence-electron chi connectivity index (χ3n) is 6.06. The summed E-state index contributed by atoms with van der Waals surface area (Å²) in [6.45, 7) is 2.55. The van der Waals surface area contributed by atoms with Crippen LogP contribution in [0.5, 0.6) is 5.75 Å². The number of hydrogen-bond donors (Lipinski definition) is 0. The highest BCUT2D eigenvalue weighted by Crippen LogP contribution is 2.42. The van der Waals surface area contributed by atoms with Crippen LogP contribution in [0.1, 0.15) is 47.5 Å². The minimum absolute atomic E-state index is 0.0112. The van der Waals surface area contributed by atoms with Gasteiger partial charge >= 0.3 is 0 Å². The van der Waals surface area contributed by atoms with Gasteiger partial charge in [-0.3, -0.25) is 9.59 Å². The molecule has 2 aliphatic rings. The zero-order valence-electron chi connectivity index (χ0n) is 17.6. The van der Waals surface area contributed by atoms with Gasteiger partial charge in [-0.05, 0) is 42.7 Å². The smallest absolute Gasteiger partial charge is 0.291 e. The molecule has 3 heterocycles. The van der Waals surface area contributed by atoms with Gasteiger partial charge in [0.05, 0.1) is 35.1 Å². The average molecular weight is 454 g/mol. The number of nitrogens with zero attached hydrogens (tertiary/aromatic N) is 1. The van der Waals surface area contributed by atoms with Gasteiger partial charge in [0.15, 0.2) is 15.3 Å². The Morgan fingerprint density at radius 2 is 1.94 bits per heavy atom. The molecule has 0 unspecified atom stereocenters. The number of ether oxygens (including phenoxy) is 1. The molecule has 0 bridgehead atoms. The van der Waals surface area contributed by atoms with Crippen molar-refractivity contribution in [3.63, 3.8) is 0 Å². The number of benzene rings is 2. The first-order valence-electron chi connectivity index (χ1n) is 10.7. The molecule has 1 saturated heterocycles. The first-order chi connectivity index (χ1) is 15.4. The summed E-state index contributed by atoms with van der Waals surface area (Å²) >= 11 is 0. The molecule has 0 spiro atoms. The predicted octanol–water partition coefficient (Wildman–Crippen LogP) is 3.31. The van der Waals surface area contributed by atoms with Crippen molar-refractivity contribution in [2.45, 2.75) is 31.8 Å². The van der Waals surface area contributed by atoms with E-state index in [0.717, 1.165) is 6.42 Å². The molecule has 0 radical (unpaired) electrons. The molecule has 5 rings (SSSR count). The van der Waals surface area contributed by atoms with E-state index in [9.17, 15) is 18.0 Å². The van der Waals surface area contributed by atoms with Gasteiger partial charge in [-0.1, -0.05) is 31.2 Å². The molecule has 2 atom stereocenters. The fraction of sp³-hybridized carbons (Fsp3) is 0.333. The van der Waals surface area contributed by atoms with Gasteiger partial charge in [0.1, 0.15) is 11.3 Å². The van der Waals surface area contributed by atoms with E-state index in [0.29, 0.717) is 35.3 Å². The molecule has 1 fully saturated rings. The van der Waals surface area contributed by atoms with Crippen molar-refractivity contribution < 1.29 is 22.4 Å². The molecular weight excluding hydrogens is 430 g/mol. The molecule has 2 aliphatic heterocycles. The third-order valence-corrected chi connectivity index (χ3v) is 7.81. The van der Waals surface area contributed by atoms with Crippen LogP contribution in [-0.2, 0) is 9.84 Å². The van der Waals surface area contributed by atoms with Crippen molar-refractivity contribution in [1.29, 1.82) is 0 Å². The molecule has 8 heteroatoms. The summed E-state index contributed by atoms with van der Waals surface area (Å²) in [6.07, 6.45) is 1.18. The van der Waals surface area contributed by atoms with Crippen molar-refractivity contribution in [1.82, 2.24) is 4.90 Å². The molecular formula is C24H23NO6S. The van der Waals surface area contributed by atoms with Gasteiger partial charge in [-0.15, -0.1) is 0 Å². The molecule has 32 heavy (non-hydrogen) atoms. The lowest BCUT2D eigenvalue weighted by atomic mass is 9.97. The second-order valence-electron chi connectivity index (χ2n) is 8.26. The van der Waals surface area contributed by atoms with E-state index in [1.807, 2.05) is 31.2 Å². The first kappa shape index (κ1) is 20.8. The Labute approximate surface area is 185 Å². The molecule has 0 saturated carbocycles. The molecule has 1 aromatic heterocycles. The Bertz CT molecular complexity index is 1380. The number of amides is 1. The minimum Gasteiger partial charge on any atom is -0.494 e. The number of hydrogen-bond acceptors (Lipinski definition) is 6. The number of sulfone groups is 1. The van der Waals surface area contributed by atoms with Crippen LogP contribution in [0, 0.1) is 0 Å². The topological polar surface area (TPSA) is 93.9 Å². The van der Waals surface area contributed by atoms with Crippen LogP contribution in [0.15, 0.2) is 57.7 Å². The number of rotatable bonds is 5. The van der Waals surface area contributed by atoms with Crippen LogP contribution in [0.4, 0.5) is 0 Å². The third kappa shape index (κ3) is 3.39. The van der Waals surface area contributed by atoms with Crippen LogP contribution in [0.25, 0.3) is 11.0 Å². The summed E-state index contributed by atoms with van der Waals surface area (Å²) in [6, 6.07) is 12.8. The van der Waals surface area contributed by atoms with Gasteiger partial charge in [0, 0.05) is 6.04 Å². The minimum atomic E-state index is -3.24. The van der Waals surface area contributed by atoms with E-state index in [-0.39, 0.29) is 28.3 Å². The van der Waals surface area contributed by atoms with Crippen LogP contribution >= 0.6 is 0 Å². The van der Waals surface area contributed by atoms with E-state index in [4.69, 9.17) is 9.15 Å². The van der Waals surface area contributed by atoms with Gasteiger partial charge in [0.2, 0.25) is 5.76 Å². The maximum absolute atomic E-state index is 13.5. The van der Waals surface area contributed by atoms with Crippen LogP contribution in [0.3, 0.4) is 0 Å². The maximum Gasteiger partial charge on any atom is 0.291 e. The van der Waals surface area contributed by atoms with E-state index in [1.165, 1.54) is 4.90 Å². The zero-order valence-corrected chi connectivity index (χ0v) is 18.4. The first-order valence-corrected chi connectivity index (χ1v) is 12.5. The maximum atomic E-state index is 13.5. The van der Waals surface area contributed by atoms with E-state index >= 15 is 0 Å². The van der Waals surface area contributed by atoms with Crippen molar-refractivity contribution in [3.05, 3.63) is 75.6 Å². The highest BCUT2D eigenvalue weighted by atomic mass is 32.2. The van der Waals surface area contributed by atoms with E-state index in [1.54, 1.807) is 24.3 Å². The molecule has 7 nitrogen and oxygen atoms in total. The Hall–Kier alpha value is -3.13. The summed E-state index contributed by atoms with van der Waals surface area (Å²) in [4.78, 5) is 28.5. The second-order valence-corrected chi connectivity index (χ2v) is 10.5. The van der Waals surface area contributed by atoms with E-state index < -0.39 is 27.8 Å². The SMILES string of the molecule is CCCOc1cccc([C@H]2c3c(oc4ccccc4c3=O)C(=O)N2[C@H]2CCS(=O)(=O)C2)c1. The number of carbonyl (C=O) groups is 1. The molecule has 2 aromatic carbocycles. The Morgan fingerprint density at radius 1 is 1.12 bits per heavy atom. The van der Waals surface area contributed by atoms with Gasteiger partial charge in [-0.2, -0.15) is 0 Å². The van der Waals surface area contributed by atoms with E-state index in [2.05, 4.69) is 0 Å². The summed E-state index contributed by atoms with van der Waals surface area (Å²) in [5.74, 6) is 0.0726. The van der Waals surface area contributed by atoms with Crippen molar-refractivity contribution in [2.24, 2.45) is 0 Å². The van der Waals surface area contributed by atoms with Crippen LogP contribution in [0.2, 0.25) is 0 Å². The fourth-order valence-corrected chi connectivity index (χ4v) is 6.34. The van der Waals surface area contributed by atoms with Crippen molar-refractivity contribution >= 4 is 26.7 Å². The van der Waals surface area contributed by atoms with Crippen LogP contribution in [-0.4, -0.2) is 43.4 Å². The zero-order chi connectivity index (χ0) is 22.5. The van der Waals surface area contributed by atoms with Gasteiger partial charge in [-0.25, -0.2) is 8.42 Å². The molecule has 166 valence electrons. The Morgan fingerprint density at radius 3 is 2.69 bits per heavy atom. The molecule has 0 aliphatic carbocycles. The van der Waals surface area contributed by atoms with Gasteiger partial charge < -0.3 is 14.1 Å².